The Morgan fingerprint density at radius 3 is 2.69 bits per heavy atom. The zero-order chi connectivity index (χ0) is 11.5. The quantitative estimate of drug-likeness (QED) is 0.780. The lowest BCUT2D eigenvalue weighted by Gasteiger charge is -2.17. The van der Waals surface area contributed by atoms with Gasteiger partial charge in [-0.3, -0.25) is 0 Å². The normalized spacial score (nSPS) is 19.8. The molecule has 0 spiro atoms. The van der Waals surface area contributed by atoms with Crippen molar-refractivity contribution in [1.29, 1.82) is 0 Å². The third-order valence-electron chi connectivity index (χ3n) is 3.26. The van der Waals surface area contributed by atoms with Gasteiger partial charge in [0.2, 0.25) is 0 Å². The largest absolute Gasteiger partial charge is 0.497 e. The van der Waals surface area contributed by atoms with Crippen molar-refractivity contribution >= 4 is 0 Å². The molecular weight excluding hydrogens is 202 g/mol. The summed E-state index contributed by atoms with van der Waals surface area (Å²) in [6.45, 7) is 0. The Labute approximate surface area is 96.5 Å². The van der Waals surface area contributed by atoms with E-state index in [1.165, 1.54) is 24.0 Å². The fourth-order valence-corrected chi connectivity index (χ4v) is 2.36. The summed E-state index contributed by atoms with van der Waals surface area (Å²) in [5, 5.41) is 0. The van der Waals surface area contributed by atoms with Gasteiger partial charge in [0, 0.05) is 12.1 Å². The summed E-state index contributed by atoms with van der Waals surface area (Å²) >= 11 is 0. The fourth-order valence-electron chi connectivity index (χ4n) is 2.36. The molecule has 0 radical (unpaired) electrons. The van der Waals surface area contributed by atoms with Crippen LogP contribution in [0.3, 0.4) is 0 Å². The van der Waals surface area contributed by atoms with Crippen molar-refractivity contribution in [2.75, 3.05) is 14.2 Å². The summed E-state index contributed by atoms with van der Waals surface area (Å²) in [5.74, 6) is 1.74. The molecule has 3 heteroatoms. The molecule has 0 heterocycles. The Morgan fingerprint density at radius 2 is 2.00 bits per heavy atom. The van der Waals surface area contributed by atoms with E-state index < -0.39 is 0 Å². The number of benzene rings is 1. The number of methoxy groups -OCH3 is 2. The lowest BCUT2D eigenvalue weighted by Crippen LogP contribution is -2.11. The Balaban J connectivity index is 2.51. The van der Waals surface area contributed by atoms with Gasteiger partial charge in [-0.15, -0.1) is 0 Å². The molecule has 1 aromatic rings. The first-order valence-corrected chi connectivity index (χ1v) is 5.76. The van der Waals surface area contributed by atoms with E-state index in [4.69, 9.17) is 15.2 Å². The van der Waals surface area contributed by atoms with Crippen LogP contribution in [0.1, 0.15) is 36.4 Å². The molecule has 0 saturated heterocycles. The zero-order valence-electron chi connectivity index (χ0n) is 9.95. The summed E-state index contributed by atoms with van der Waals surface area (Å²) in [6.07, 6.45) is 4.46. The first-order valence-electron chi connectivity index (χ1n) is 5.76. The van der Waals surface area contributed by atoms with Crippen molar-refractivity contribution in [3.63, 3.8) is 0 Å². The minimum Gasteiger partial charge on any atom is -0.497 e. The zero-order valence-corrected chi connectivity index (χ0v) is 9.95. The van der Waals surface area contributed by atoms with Gasteiger partial charge < -0.3 is 15.2 Å². The van der Waals surface area contributed by atoms with Crippen LogP contribution in [0.2, 0.25) is 0 Å². The highest BCUT2D eigenvalue weighted by Crippen LogP contribution is 2.36. The molecule has 0 aromatic heterocycles. The second-order valence-corrected chi connectivity index (χ2v) is 4.25. The highest BCUT2D eigenvalue weighted by Gasteiger charge is 2.19. The van der Waals surface area contributed by atoms with Crippen LogP contribution in [0.25, 0.3) is 0 Å². The molecule has 1 atom stereocenters. The van der Waals surface area contributed by atoms with Gasteiger partial charge in [0.15, 0.2) is 0 Å². The van der Waals surface area contributed by atoms with Crippen LogP contribution in [-0.2, 0) is 6.42 Å². The van der Waals surface area contributed by atoms with E-state index in [1.54, 1.807) is 14.2 Å². The average Bonchev–Trinajstić information content (AvgIpc) is 2.50. The first-order chi connectivity index (χ1) is 7.76. The molecule has 2 rings (SSSR count). The minimum atomic E-state index is 0.112. The van der Waals surface area contributed by atoms with Crippen LogP contribution < -0.4 is 15.2 Å². The van der Waals surface area contributed by atoms with Gasteiger partial charge in [0.05, 0.1) is 14.2 Å². The van der Waals surface area contributed by atoms with Crippen LogP contribution in [-0.4, -0.2) is 14.2 Å². The molecule has 0 fully saturated rings. The molecule has 0 aliphatic heterocycles. The van der Waals surface area contributed by atoms with Gasteiger partial charge in [-0.25, -0.2) is 0 Å². The van der Waals surface area contributed by atoms with E-state index in [0.29, 0.717) is 0 Å². The van der Waals surface area contributed by atoms with Gasteiger partial charge in [0.25, 0.3) is 0 Å². The Kier molecular flexibility index (Phi) is 3.34. The molecule has 0 bridgehead atoms. The molecule has 16 heavy (non-hydrogen) atoms. The number of hydrogen-bond donors (Lipinski definition) is 1. The highest BCUT2D eigenvalue weighted by molar-refractivity contribution is 5.48. The molecular formula is C13H19NO2. The van der Waals surface area contributed by atoms with Gasteiger partial charge >= 0.3 is 0 Å². The topological polar surface area (TPSA) is 44.5 Å². The van der Waals surface area contributed by atoms with Crippen molar-refractivity contribution < 1.29 is 9.47 Å². The molecule has 1 aromatic carbocycles. The van der Waals surface area contributed by atoms with Crippen molar-refractivity contribution in [3.05, 3.63) is 23.3 Å². The summed E-state index contributed by atoms with van der Waals surface area (Å²) in [7, 11) is 3.37. The lowest BCUT2D eigenvalue weighted by atomic mass is 9.98. The van der Waals surface area contributed by atoms with Gasteiger partial charge in [-0.05, 0) is 36.5 Å². The van der Waals surface area contributed by atoms with E-state index in [9.17, 15) is 0 Å². The van der Waals surface area contributed by atoms with E-state index >= 15 is 0 Å². The number of fused-ring (bicyclic) bond motifs is 1. The van der Waals surface area contributed by atoms with Crippen molar-refractivity contribution in [1.82, 2.24) is 0 Å². The maximum Gasteiger partial charge on any atom is 0.126 e. The summed E-state index contributed by atoms with van der Waals surface area (Å²) in [4.78, 5) is 0. The van der Waals surface area contributed by atoms with E-state index in [0.717, 1.165) is 24.3 Å². The van der Waals surface area contributed by atoms with E-state index in [-0.39, 0.29) is 6.04 Å². The monoisotopic (exact) mass is 221 g/mol. The van der Waals surface area contributed by atoms with E-state index in [2.05, 4.69) is 0 Å². The minimum absolute atomic E-state index is 0.112. The summed E-state index contributed by atoms with van der Waals surface area (Å²) in [5.41, 5.74) is 8.63. The average molecular weight is 221 g/mol. The summed E-state index contributed by atoms with van der Waals surface area (Å²) in [6, 6.07) is 4.10. The molecule has 0 amide bonds. The maximum absolute atomic E-state index is 6.18. The van der Waals surface area contributed by atoms with Crippen molar-refractivity contribution in [2.24, 2.45) is 5.73 Å². The Hall–Kier alpha value is -1.22. The number of hydrogen-bond acceptors (Lipinski definition) is 3. The van der Waals surface area contributed by atoms with Gasteiger partial charge in [-0.2, -0.15) is 0 Å². The van der Waals surface area contributed by atoms with E-state index in [1.807, 2.05) is 12.1 Å². The first kappa shape index (κ1) is 11.3. The number of rotatable bonds is 2. The second kappa shape index (κ2) is 4.74. The van der Waals surface area contributed by atoms with Crippen molar-refractivity contribution in [3.8, 4) is 11.5 Å². The number of nitrogens with two attached hydrogens (primary N) is 1. The Bertz CT molecular complexity index is 376. The second-order valence-electron chi connectivity index (χ2n) is 4.25. The highest BCUT2D eigenvalue weighted by atomic mass is 16.5. The Morgan fingerprint density at radius 1 is 1.19 bits per heavy atom. The standard InChI is InChI=1S/C13H19NO2/c1-15-9-7-11-10(13(8-9)16-2)5-3-4-6-12(11)14/h7-8,12H,3-6,14H2,1-2H3/t12-/m1/s1. The summed E-state index contributed by atoms with van der Waals surface area (Å²) < 4.78 is 10.7. The van der Waals surface area contributed by atoms with Crippen molar-refractivity contribution in [2.45, 2.75) is 31.7 Å². The van der Waals surface area contributed by atoms with Gasteiger partial charge in [-0.1, -0.05) is 6.42 Å². The predicted octanol–water partition coefficient (Wildman–Crippen LogP) is 2.43. The third kappa shape index (κ3) is 2.00. The molecule has 0 saturated carbocycles. The molecule has 1 aliphatic rings. The molecule has 88 valence electrons. The van der Waals surface area contributed by atoms with Crippen LogP contribution in [0, 0.1) is 0 Å². The smallest absolute Gasteiger partial charge is 0.126 e. The van der Waals surface area contributed by atoms with Crippen LogP contribution >= 0.6 is 0 Å². The fraction of sp³-hybridized carbons (Fsp3) is 0.538. The van der Waals surface area contributed by atoms with Gasteiger partial charge in [0.1, 0.15) is 11.5 Å². The maximum atomic E-state index is 6.18. The van der Waals surface area contributed by atoms with Crippen LogP contribution in [0.15, 0.2) is 12.1 Å². The molecule has 2 N–H and O–H groups in total. The SMILES string of the molecule is COc1cc(OC)c2c(c1)[C@H](N)CCCC2. The molecule has 0 unspecified atom stereocenters. The lowest BCUT2D eigenvalue weighted by molar-refractivity contribution is 0.389. The molecule has 3 nitrogen and oxygen atoms in total. The number of ether oxygens (including phenoxy) is 2. The molecule has 1 aliphatic carbocycles. The third-order valence-corrected chi connectivity index (χ3v) is 3.26. The van der Waals surface area contributed by atoms with Crippen LogP contribution in [0.5, 0.6) is 11.5 Å². The predicted molar refractivity (Wildman–Crippen MR) is 64.0 cm³/mol. The van der Waals surface area contributed by atoms with Crippen LogP contribution in [0.4, 0.5) is 0 Å².